The molecule has 0 aromatic carbocycles. The summed E-state index contributed by atoms with van der Waals surface area (Å²) in [5.41, 5.74) is 1.85. The van der Waals surface area contributed by atoms with E-state index in [1.165, 1.54) is 6.07 Å². The molecule has 1 atom stereocenters. The standard InChI is InChI=1S/C13H16FNO3/c1-3-4-9-6-11(16)18-10-5-8(2)15-13(12(9)10)17-7-14/h6,13,15H,2-5,7H2,1H3. The third kappa shape index (κ3) is 2.46. The van der Waals surface area contributed by atoms with Crippen molar-refractivity contribution in [2.45, 2.75) is 32.4 Å². The largest absolute Gasteiger partial charge is 0.427 e. The maximum Gasteiger partial charge on any atom is 0.336 e. The molecule has 1 aromatic heterocycles. The number of alkyl halides is 1. The first-order chi connectivity index (χ1) is 8.65. The van der Waals surface area contributed by atoms with Gasteiger partial charge in [0.05, 0.1) is 0 Å². The lowest BCUT2D eigenvalue weighted by atomic mass is 9.97. The van der Waals surface area contributed by atoms with E-state index in [9.17, 15) is 9.18 Å². The molecule has 5 heteroatoms. The Balaban J connectivity index is 2.51. The molecule has 2 heterocycles. The van der Waals surface area contributed by atoms with Gasteiger partial charge in [-0.1, -0.05) is 19.9 Å². The summed E-state index contributed by atoms with van der Waals surface area (Å²) in [5.74, 6) is 0.521. The second kappa shape index (κ2) is 5.35. The van der Waals surface area contributed by atoms with Gasteiger partial charge in [-0.3, -0.25) is 0 Å². The molecule has 1 aliphatic heterocycles. The second-order valence-electron chi connectivity index (χ2n) is 4.26. The molecule has 0 saturated heterocycles. The van der Waals surface area contributed by atoms with Gasteiger partial charge in [0.1, 0.15) is 5.76 Å². The van der Waals surface area contributed by atoms with Crippen molar-refractivity contribution >= 4 is 0 Å². The highest BCUT2D eigenvalue weighted by Crippen LogP contribution is 2.30. The summed E-state index contributed by atoms with van der Waals surface area (Å²) in [5, 5.41) is 2.97. The third-order valence-electron chi connectivity index (χ3n) is 2.88. The summed E-state index contributed by atoms with van der Waals surface area (Å²) < 4.78 is 22.6. The maximum atomic E-state index is 12.4. The van der Waals surface area contributed by atoms with Crippen LogP contribution in [0.3, 0.4) is 0 Å². The van der Waals surface area contributed by atoms with Crippen LogP contribution in [0, 0.1) is 0 Å². The topological polar surface area (TPSA) is 51.5 Å². The molecule has 1 aliphatic rings. The Morgan fingerprint density at radius 3 is 3.11 bits per heavy atom. The lowest BCUT2D eigenvalue weighted by Crippen LogP contribution is -2.31. The minimum absolute atomic E-state index is 0.383. The average Bonchev–Trinajstić information content (AvgIpc) is 2.28. The van der Waals surface area contributed by atoms with Crippen LogP contribution in [-0.2, 0) is 17.6 Å². The van der Waals surface area contributed by atoms with Gasteiger partial charge < -0.3 is 14.5 Å². The number of ether oxygens (including phenoxy) is 1. The van der Waals surface area contributed by atoms with Crippen LogP contribution < -0.4 is 10.9 Å². The summed E-state index contributed by atoms with van der Waals surface area (Å²) >= 11 is 0. The van der Waals surface area contributed by atoms with Crippen molar-refractivity contribution in [3.05, 3.63) is 45.6 Å². The summed E-state index contributed by atoms with van der Waals surface area (Å²) in [7, 11) is 0. The highest BCUT2D eigenvalue weighted by Gasteiger charge is 2.27. The van der Waals surface area contributed by atoms with Crippen molar-refractivity contribution in [1.82, 2.24) is 5.32 Å². The molecule has 2 rings (SSSR count). The molecule has 0 radical (unpaired) electrons. The van der Waals surface area contributed by atoms with Gasteiger partial charge in [0, 0.05) is 23.7 Å². The maximum absolute atomic E-state index is 12.4. The van der Waals surface area contributed by atoms with Gasteiger partial charge in [-0.25, -0.2) is 9.18 Å². The van der Waals surface area contributed by atoms with Crippen molar-refractivity contribution in [3.63, 3.8) is 0 Å². The van der Waals surface area contributed by atoms with Crippen LogP contribution in [0.2, 0.25) is 0 Å². The number of hydrogen-bond acceptors (Lipinski definition) is 4. The molecule has 0 fully saturated rings. The minimum atomic E-state index is -0.908. The van der Waals surface area contributed by atoms with Crippen LogP contribution in [0.1, 0.15) is 36.5 Å². The second-order valence-corrected chi connectivity index (χ2v) is 4.26. The van der Waals surface area contributed by atoms with Crippen molar-refractivity contribution < 1.29 is 13.5 Å². The zero-order valence-electron chi connectivity index (χ0n) is 10.3. The molecule has 18 heavy (non-hydrogen) atoms. The smallest absolute Gasteiger partial charge is 0.336 e. The Kier molecular flexibility index (Phi) is 3.81. The number of nitrogens with one attached hydrogen (secondary N) is 1. The van der Waals surface area contributed by atoms with E-state index in [-0.39, 0.29) is 5.63 Å². The fourth-order valence-corrected chi connectivity index (χ4v) is 2.22. The highest BCUT2D eigenvalue weighted by molar-refractivity contribution is 5.35. The third-order valence-corrected chi connectivity index (χ3v) is 2.88. The first kappa shape index (κ1) is 12.8. The molecule has 1 N–H and O–H groups in total. The van der Waals surface area contributed by atoms with Crippen molar-refractivity contribution in [1.29, 1.82) is 0 Å². The van der Waals surface area contributed by atoms with Crippen LogP contribution in [0.4, 0.5) is 4.39 Å². The number of rotatable bonds is 4. The van der Waals surface area contributed by atoms with E-state index < -0.39 is 13.1 Å². The van der Waals surface area contributed by atoms with Gasteiger partial charge in [0.15, 0.2) is 13.1 Å². The molecule has 4 nitrogen and oxygen atoms in total. The Labute approximate surface area is 104 Å². The average molecular weight is 253 g/mol. The fraction of sp³-hybridized carbons (Fsp3) is 0.462. The van der Waals surface area contributed by atoms with Gasteiger partial charge in [-0.05, 0) is 12.0 Å². The molecule has 0 amide bonds. The Bertz CT molecular complexity index is 509. The summed E-state index contributed by atoms with van der Waals surface area (Å²) in [6, 6.07) is 1.45. The fourth-order valence-electron chi connectivity index (χ4n) is 2.22. The molecular weight excluding hydrogens is 237 g/mol. The summed E-state index contributed by atoms with van der Waals surface area (Å²) in [4.78, 5) is 11.5. The number of fused-ring (bicyclic) bond motifs is 1. The highest BCUT2D eigenvalue weighted by atomic mass is 19.1. The van der Waals surface area contributed by atoms with E-state index in [0.29, 0.717) is 17.9 Å². The Morgan fingerprint density at radius 2 is 2.44 bits per heavy atom. The van der Waals surface area contributed by atoms with E-state index in [1.54, 1.807) is 0 Å². The number of allylic oxidation sites excluding steroid dienone is 1. The van der Waals surface area contributed by atoms with Gasteiger partial charge in [-0.2, -0.15) is 0 Å². The molecule has 0 aliphatic carbocycles. The predicted molar refractivity (Wildman–Crippen MR) is 64.8 cm³/mol. The molecule has 1 unspecified atom stereocenters. The quantitative estimate of drug-likeness (QED) is 0.893. The Morgan fingerprint density at radius 1 is 1.67 bits per heavy atom. The van der Waals surface area contributed by atoms with Gasteiger partial charge in [0.2, 0.25) is 0 Å². The van der Waals surface area contributed by atoms with Gasteiger partial charge in [0.25, 0.3) is 0 Å². The van der Waals surface area contributed by atoms with E-state index >= 15 is 0 Å². The zero-order chi connectivity index (χ0) is 13.1. The van der Waals surface area contributed by atoms with Crippen LogP contribution in [0.25, 0.3) is 0 Å². The Hall–Kier alpha value is -1.62. The first-order valence-electron chi connectivity index (χ1n) is 5.93. The van der Waals surface area contributed by atoms with Crippen molar-refractivity contribution in [3.8, 4) is 0 Å². The molecule has 0 bridgehead atoms. The monoisotopic (exact) mass is 253 g/mol. The number of halogens is 1. The van der Waals surface area contributed by atoms with E-state index in [4.69, 9.17) is 9.15 Å². The normalized spacial score (nSPS) is 18.3. The number of hydrogen-bond donors (Lipinski definition) is 1. The van der Waals surface area contributed by atoms with Crippen LogP contribution in [-0.4, -0.2) is 6.86 Å². The SMILES string of the molecule is C=C1Cc2oc(=O)cc(CCC)c2C(OCF)N1. The van der Waals surface area contributed by atoms with E-state index in [1.807, 2.05) is 6.92 Å². The lowest BCUT2D eigenvalue weighted by Gasteiger charge is -2.28. The summed E-state index contributed by atoms with van der Waals surface area (Å²) in [6.45, 7) is 4.88. The van der Waals surface area contributed by atoms with E-state index in [2.05, 4.69) is 11.9 Å². The number of aryl methyl sites for hydroxylation is 1. The molecule has 0 saturated carbocycles. The first-order valence-corrected chi connectivity index (χ1v) is 5.93. The van der Waals surface area contributed by atoms with Crippen LogP contribution in [0.15, 0.2) is 27.6 Å². The lowest BCUT2D eigenvalue weighted by molar-refractivity contribution is -0.0238. The predicted octanol–water partition coefficient (Wildman–Crippen LogP) is 2.19. The zero-order valence-corrected chi connectivity index (χ0v) is 10.3. The molecule has 0 spiro atoms. The molecule has 98 valence electrons. The van der Waals surface area contributed by atoms with Crippen molar-refractivity contribution in [2.75, 3.05) is 6.86 Å². The minimum Gasteiger partial charge on any atom is -0.427 e. The van der Waals surface area contributed by atoms with Crippen molar-refractivity contribution in [2.24, 2.45) is 0 Å². The molecule has 1 aromatic rings. The van der Waals surface area contributed by atoms with Gasteiger partial charge >= 0.3 is 5.63 Å². The van der Waals surface area contributed by atoms with Gasteiger partial charge in [-0.15, -0.1) is 0 Å². The van der Waals surface area contributed by atoms with Crippen LogP contribution in [0.5, 0.6) is 0 Å². The molecular formula is C13H16FNO3. The summed E-state index contributed by atoms with van der Waals surface area (Å²) in [6.07, 6.45) is 1.42. The van der Waals surface area contributed by atoms with E-state index in [0.717, 1.165) is 24.0 Å². The van der Waals surface area contributed by atoms with Crippen LogP contribution >= 0.6 is 0 Å².